The van der Waals surface area contributed by atoms with Crippen molar-refractivity contribution in [1.82, 2.24) is 0 Å². The summed E-state index contributed by atoms with van der Waals surface area (Å²) < 4.78 is 22.5. The third-order valence-electron chi connectivity index (χ3n) is 1.28. The monoisotopic (exact) mass is 389 g/mol. The van der Waals surface area contributed by atoms with Crippen molar-refractivity contribution < 1.29 is 34.4 Å². The predicted molar refractivity (Wildman–Crippen MR) is 48.1 cm³/mol. The molecule has 0 bridgehead atoms. The van der Waals surface area contributed by atoms with Crippen LogP contribution in [0.5, 0.6) is 0 Å². The molecule has 0 spiro atoms. The van der Waals surface area contributed by atoms with E-state index in [1.165, 1.54) is 5.92 Å². The van der Waals surface area contributed by atoms with Crippen molar-refractivity contribution in [2.45, 2.75) is 6.92 Å². The van der Waals surface area contributed by atoms with E-state index < -0.39 is 0 Å². The molecule has 0 heterocycles. The van der Waals surface area contributed by atoms with Crippen LogP contribution in [0.2, 0.25) is 0 Å². The minimum absolute atomic E-state index is 0. The average molecular weight is 388 g/mol. The summed E-state index contributed by atoms with van der Waals surface area (Å²) in [5.74, 6) is 1.20. The van der Waals surface area contributed by atoms with E-state index in [0.29, 0.717) is 0 Å². The first-order valence-corrected chi connectivity index (χ1v) is 3.54. The molecule has 0 atom stereocenters. The first-order valence-electron chi connectivity index (χ1n) is 3.54. The summed E-state index contributed by atoms with van der Waals surface area (Å²) in [6.45, 7) is 15.5. The van der Waals surface area contributed by atoms with Crippen LogP contribution in [0.1, 0.15) is 6.92 Å². The molecule has 5 heteroatoms. The van der Waals surface area contributed by atoms with Crippen molar-refractivity contribution in [3.63, 3.8) is 0 Å². The molecule has 1 aliphatic rings. The quantitative estimate of drug-likeness (QED) is 0.460. The first-order chi connectivity index (χ1) is 7.33. The Bertz CT molecular complexity index is 268. The van der Waals surface area contributed by atoms with Crippen molar-refractivity contribution in [1.29, 1.82) is 5.26 Å². The molecule has 0 saturated carbocycles. The van der Waals surface area contributed by atoms with Gasteiger partial charge in [0.15, 0.2) is 0 Å². The summed E-state index contributed by atoms with van der Waals surface area (Å²) >= 11 is 0. The summed E-state index contributed by atoms with van der Waals surface area (Å²) in [4.78, 5) is 0. The minimum atomic E-state index is -0.00583. The Balaban J connectivity index is -0.0000000900. The SMILES string of the molecule is C[C]1C=CC(C#N)C=C1.[C-]#[O+].[C-]#[O+].[C-]#[O+].[Re]. The van der Waals surface area contributed by atoms with Crippen molar-refractivity contribution in [2.24, 2.45) is 5.92 Å². The van der Waals surface area contributed by atoms with E-state index in [0.717, 1.165) is 0 Å². The Morgan fingerprint density at radius 3 is 1.62 bits per heavy atom. The van der Waals surface area contributed by atoms with Gasteiger partial charge in [0.2, 0.25) is 0 Å². The van der Waals surface area contributed by atoms with Gasteiger partial charge in [-0.3, -0.25) is 0 Å². The summed E-state index contributed by atoms with van der Waals surface area (Å²) in [5, 5.41) is 8.42. The molecule has 0 amide bonds. The standard InChI is InChI=1S/C8H8N.3CO.Re/c1-7-2-4-8(6-9)5-3-7;3*1-2;/h2-5,8H,1H3;;;;. The topological polar surface area (TPSA) is 83.5 Å². The Morgan fingerprint density at radius 1 is 1.06 bits per heavy atom. The molecule has 82 valence electrons. The largest absolute Gasteiger partial charge is 0 e. The second-order valence-electron chi connectivity index (χ2n) is 2.12. The van der Waals surface area contributed by atoms with E-state index in [-0.39, 0.29) is 26.3 Å². The van der Waals surface area contributed by atoms with Gasteiger partial charge in [0.25, 0.3) is 0 Å². The molecule has 1 rings (SSSR count). The summed E-state index contributed by atoms with van der Waals surface area (Å²) in [6.07, 6.45) is 7.73. The van der Waals surface area contributed by atoms with Gasteiger partial charge in [0.05, 0.1) is 12.0 Å². The molecular formula is C11H8NO3Re. The third-order valence-corrected chi connectivity index (χ3v) is 1.28. The molecule has 0 N–H and O–H groups in total. The zero-order chi connectivity index (χ0) is 12.7. The van der Waals surface area contributed by atoms with Crippen LogP contribution in [-0.2, 0) is 34.4 Å². The van der Waals surface area contributed by atoms with Crippen LogP contribution in [0.15, 0.2) is 24.3 Å². The average Bonchev–Trinajstić information content (AvgIpc) is 2.38. The van der Waals surface area contributed by atoms with E-state index in [1.54, 1.807) is 0 Å². The van der Waals surface area contributed by atoms with Crippen LogP contribution in [0.3, 0.4) is 0 Å². The smallest absolute Gasteiger partial charge is 0 e. The molecule has 0 aromatic carbocycles. The van der Waals surface area contributed by atoms with Crippen LogP contribution in [-0.4, -0.2) is 0 Å². The van der Waals surface area contributed by atoms with Crippen LogP contribution in [0.4, 0.5) is 0 Å². The van der Waals surface area contributed by atoms with Crippen molar-refractivity contribution in [2.75, 3.05) is 0 Å². The number of nitriles is 1. The molecule has 0 aromatic heterocycles. The van der Waals surface area contributed by atoms with Crippen molar-refractivity contribution in [3.8, 4) is 6.07 Å². The van der Waals surface area contributed by atoms with Crippen LogP contribution in [0, 0.1) is 43.1 Å². The van der Waals surface area contributed by atoms with Crippen LogP contribution >= 0.6 is 0 Å². The summed E-state index contributed by atoms with van der Waals surface area (Å²) in [7, 11) is 0. The fourth-order valence-electron chi connectivity index (χ4n) is 0.717. The normalized spacial score (nSPS) is 11.6. The van der Waals surface area contributed by atoms with Gasteiger partial charge in [-0.05, 0) is 0 Å². The Hall–Kier alpha value is -1.15. The number of allylic oxidation sites excluding steroid dienone is 4. The second kappa shape index (κ2) is 23.6. The van der Waals surface area contributed by atoms with E-state index in [2.05, 4.69) is 26.0 Å². The van der Waals surface area contributed by atoms with Gasteiger partial charge in [-0.15, -0.1) is 0 Å². The second-order valence-corrected chi connectivity index (χ2v) is 2.12. The van der Waals surface area contributed by atoms with Gasteiger partial charge < -0.3 is 0 Å². The predicted octanol–water partition coefficient (Wildman–Crippen LogP) is 1.73. The van der Waals surface area contributed by atoms with Crippen molar-refractivity contribution >= 4 is 0 Å². The Kier molecular flexibility index (Phi) is 35.7. The molecule has 0 unspecified atom stereocenters. The number of rotatable bonds is 0. The number of hydrogen-bond donors (Lipinski definition) is 0. The van der Waals surface area contributed by atoms with Crippen LogP contribution in [0.25, 0.3) is 0 Å². The molecule has 4 nitrogen and oxygen atoms in total. The summed E-state index contributed by atoms with van der Waals surface area (Å²) in [5.41, 5.74) is 0. The fraction of sp³-hybridized carbons (Fsp3) is 0.182. The molecule has 0 aliphatic heterocycles. The number of nitrogens with zero attached hydrogens (tertiary/aromatic N) is 1. The maximum Gasteiger partial charge on any atom is 0 e. The molecule has 1 aliphatic carbocycles. The van der Waals surface area contributed by atoms with Gasteiger partial charge in [-0.2, -0.15) is 5.26 Å². The molecule has 0 aromatic rings. The van der Waals surface area contributed by atoms with E-state index in [9.17, 15) is 0 Å². The van der Waals surface area contributed by atoms with Crippen molar-refractivity contribution in [3.05, 3.63) is 50.2 Å². The van der Waals surface area contributed by atoms with Gasteiger partial charge in [-0.1, -0.05) is 31.2 Å². The maximum atomic E-state index is 8.42. The van der Waals surface area contributed by atoms with Gasteiger partial charge in [-0.25, -0.2) is 0 Å². The Labute approximate surface area is 109 Å². The molecule has 16 heavy (non-hydrogen) atoms. The van der Waals surface area contributed by atoms with E-state index in [4.69, 9.17) is 19.2 Å². The zero-order valence-corrected chi connectivity index (χ0v) is 11.2. The van der Waals surface area contributed by atoms with E-state index in [1.807, 2.05) is 31.2 Å². The van der Waals surface area contributed by atoms with Gasteiger partial charge >= 0.3 is 33.9 Å². The fourth-order valence-corrected chi connectivity index (χ4v) is 0.717. The minimum Gasteiger partial charge on any atom is 0 e. The molecule has 0 saturated heterocycles. The first kappa shape index (κ1) is 24.2. The molecule has 0 fully saturated rings. The number of hydrogen-bond acceptors (Lipinski definition) is 1. The summed E-state index contributed by atoms with van der Waals surface area (Å²) in [6, 6.07) is 2.14. The molecule has 2 radical (unpaired) electrons. The van der Waals surface area contributed by atoms with E-state index >= 15 is 0 Å². The molecular weight excluding hydrogens is 380 g/mol. The third kappa shape index (κ3) is 15.3. The van der Waals surface area contributed by atoms with Gasteiger partial charge in [0, 0.05) is 26.3 Å². The Morgan fingerprint density at radius 2 is 1.38 bits per heavy atom. The zero-order valence-electron chi connectivity index (χ0n) is 8.44. The maximum absolute atomic E-state index is 8.42. The van der Waals surface area contributed by atoms with Gasteiger partial charge in [0.1, 0.15) is 0 Å². The van der Waals surface area contributed by atoms with Crippen LogP contribution < -0.4 is 0 Å².